The van der Waals surface area contributed by atoms with Gasteiger partial charge >= 0.3 is 5.97 Å². The Balaban J connectivity index is 2.72. The van der Waals surface area contributed by atoms with Gasteiger partial charge in [-0.05, 0) is 63.8 Å². The number of hydrogen-bond acceptors (Lipinski definition) is 7. The summed E-state index contributed by atoms with van der Waals surface area (Å²) in [6, 6.07) is 8.23. The van der Waals surface area contributed by atoms with Crippen LogP contribution in [0, 0.1) is 5.92 Å². The third kappa shape index (κ3) is 11.2. The van der Waals surface area contributed by atoms with E-state index in [4.69, 9.17) is 27.8 Å². The van der Waals surface area contributed by atoms with Gasteiger partial charge in [0.2, 0.25) is 5.76 Å². The lowest BCUT2D eigenvalue weighted by molar-refractivity contribution is -0.143. The third-order valence-corrected chi connectivity index (χ3v) is 8.36. The minimum Gasteiger partial charge on any atom is -0.496 e. The molecule has 0 aliphatic rings. The van der Waals surface area contributed by atoms with Crippen molar-refractivity contribution in [3.05, 3.63) is 35.6 Å². The number of hydrogen-bond donors (Lipinski definition) is 0. The van der Waals surface area contributed by atoms with E-state index in [-0.39, 0.29) is 24.0 Å². The van der Waals surface area contributed by atoms with Gasteiger partial charge in [-0.15, -0.1) is 0 Å². The van der Waals surface area contributed by atoms with Crippen molar-refractivity contribution >= 4 is 37.9 Å². The van der Waals surface area contributed by atoms with Crippen molar-refractivity contribution in [3.8, 4) is 5.75 Å². The monoisotopic (exact) mass is 526 g/mol. The van der Waals surface area contributed by atoms with Crippen molar-refractivity contribution in [1.29, 1.82) is 0 Å². The number of ether oxygens (including phenoxy) is 4. The van der Waals surface area contributed by atoms with E-state index in [2.05, 4.69) is 46.2 Å². The molecule has 7 nitrogen and oxygen atoms in total. The SMILES string of the molecule is COC(C(=O)OCCC(C)C[Si]C(O[Si](C)(C)C)O[Si](C)(C)C)=C(OC)c1ccccc1OC. The van der Waals surface area contributed by atoms with Crippen LogP contribution >= 0.6 is 0 Å². The molecule has 0 saturated carbocycles. The quantitative estimate of drug-likeness (QED) is 0.100. The van der Waals surface area contributed by atoms with Crippen LogP contribution in [0.15, 0.2) is 30.0 Å². The van der Waals surface area contributed by atoms with E-state index >= 15 is 0 Å². The molecule has 1 aromatic carbocycles. The van der Waals surface area contributed by atoms with Gasteiger partial charge in [0.15, 0.2) is 22.4 Å². The fourth-order valence-corrected chi connectivity index (χ4v) is 8.06. The van der Waals surface area contributed by atoms with E-state index in [0.717, 1.165) is 12.5 Å². The minimum absolute atomic E-state index is 0.00802. The Hall–Kier alpha value is -1.60. The molecular formula is C24H42O7Si3. The van der Waals surface area contributed by atoms with Crippen molar-refractivity contribution in [1.82, 2.24) is 0 Å². The molecule has 0 aromatic heterocycles. The van der Waals surface area contributed by atoms with E-state index in [1.165, 1.54) is 14.2 Å². The van der Waals surface area contributed by atoms with Crippen LogP contribution in [0.2, 0.25) is 45.3 Å². The molecular weight excluding hydrogens is 485 g/mol. The Morgan fingerprint density at radius 1 is 0.941 bits per heavy atom. The lowest BCUT2D eigenvalue weighted by Crippen LogP contribution is -2.43. The molecule has 1 rings (SSSR count). The highest BCUT2D eigenvalue weighted by Crippen LogP contribution is 2.29. The molecule has 1 unspecified atom stereocenters. The summed E-state index contributed by atoms with van der Waals surface area (Å²) in [6.45, 7) is 15.5. The highest BCUT2D eigenvalue weighted by atomic mass is 28.4. The average molecular weight is 527 g/mol. The van der Waals surface area contributed by atoms with Crippen LogP contribution < -0.4 is 4.74 Å². The van der Waals surface area contributed by atoms with Crippen molar-refractivity contribution in [2.45, 2.75) is 64.6 Å². The minimum atomic E-state index is -1.70. The summed E-state index contributed by atoms with van der Waals surface area (Å²) < 4.78 is 34.3. The van der Waals surface area contributed by atoms with E-state index in [1.54, 1.807) is 19.2 Å². The third-order valence-electron chi connectivity index (χ3n) is 4.55. The molecule has 0 aliphatic carbocycles. The molecule has 10 heteroatoms. The van der Waals surface area contributed by atoms with Crippen LogP contribution in [0.4, 0.5) is 0 Å². The molecule has 1 atom stereocenters. The summed E-state index contributed by atoms with van der Waals surface area (Å²) in [6.07, 6.45) is 0.735. The number of methoxy groups -OCH3 is 3. The standard InChI is InChI=1S/C24H42O7Si3/c1-18(17-32-24(30-33(5,6)7)31-34(8,9)10)15-16-29-23(25)22(28-4)21(27-3)19-13-11-12-14-20(19)26-2/h11-14,18,24H,15-17H2,1-10H3. The van der Waals surface area contributed by atoms with Gasteiger partial charge in [-0.1, -0.05) is 25.1 Å². The first-order valence-corrected chi connectivity index (χ1v) is 19.6. The molecule has 0 bridgehead atoms. The second-order valence-corrected chi connectivity index (χ2v) is 20.2. The first-order chi connectivity index (χ1) is 15.8. The first kappa shape index (κ1) is 30.4. The number of benzene rings is 1. The molecule has 0 saturated heterocycles. The number of carbonyl (C=O) groups excluding carboxylic acids is 1. The molecule has 0 N–H and O–H groups in total. The zero-order valence-corrected chi connectivity index (χ0v) is 25.4. The van der Waals surface area contributed by atoms with Crippen molar-refractivity contribution < 1.29 is 32.6 Å². The fourth-order valence-electron chi connectivity index (χ4n) is 2.99. The van der Waals surface area contributed by atoms with Crippen LogP contribution in [-0.2, 0) is 27.9 Å². The van der Waals surface area contributed by atoms with Crippen LogP contribution in [0.3, 0.4) is 0 Å². The van der Waals surface area contributed by atoms with Crippen molar-refractivity contribution in [3.63, 3.8) is 0 Å². The van der Waals surface area contributed by atoms with Gasteiger partial charge in [0, 0.05) is 0 Å². The summed E-state index contributed by atoms with van der Waals surface area (Å²) in [5, 5.41) is 0. The Morgan fingerprint density at radius 3 is 2.03 bits per heavy atom. The van der Waals surface area contributed by atoms with Gasteiger partial charge in [0.05, 0.1) is 33.5 Å². The van der Waals surface area contributed by atoms with Crippen molar-refractivity contribution in [2.24, 2.45) is 5.92 Å². The molecule has 0 aliphatic heterocycles. The molecule has 0 fully saturated rings. The van der Waals surface area contributed by atoms with E-state index < -0.39 is 22.6 Å². The zero-order chi connectivity index (χ0) is 25.9. The Labute approximate surface area is 210 Å². The highest BCUT2D eigenvalue weighted by Gasteiger charge is 2.28. The van der Waals surface area contributed by atoms with Gasteiger partial charge in [0.25, 0.3) is 0 Å². The normalized spacial score (nSPS) is 13.9. The lowest BCUT2D eigenvalue weighted by atomic mass is 10.1. The van der Waals surface area contributed by atoms with Crippen LogP contribution in [0.1, 0.15) is 18.9 Å². The summed E-state index contributed by atoms with van der Waals surface area (Å²) >= 11 is 0. The van der Waals surface area contributed by atoms with Gasteiger partial charge in [-0.3, -0.25) is 0 Å². The average Bonchev–Trinajstić information content (AvgIpc) is 2.73. The van der Waals surface area contributed by atoms with E-state index in [0.29, 0.717) is 26.8 Å². The second-order valence-electron chi connectivity index (χ2n) is 10.00. The van der Waals surface area contributed by atoms with Crippen LogP contribution in [-0.4, -0.2) is 66.0 Å². The lowest BCUT2D eigenvalue weighted by Gasteiger charge is -2.32. The van der Waals surface area contributed by atoms with Gasteiger partial charge in [-0.25, -0.2) is 4.79 Å². The maximum Gasteiger partial charge on any atom is 0.377 e. The van der Waals surface area contributed by atoms with Gasteiger partial charge in [-0.2, -0.15) is 0 Å². The summed E-state index contributed by atoms with van der Waals surface area (Å²) in [7, 11) is 1.61. The Morgan fingerprint density at radius 2 is 1.53 bits per heavy atom. The topological polar surface area (TPSA) is 72.5 Å². The molecule has 192 valence electrons. The largest absolute Gasteiger partial charge is 0.496 e. The molecule has 2 radical (unpaired) electrons. The molecule has 0 amide bonds. The number of rotatable bonds is 15. The Kier molecular flexibility index (Phi) is 12.6. The summed E-state index contributed by atoms with van der Waals surface area (Å²) in [5.41, 5.74) is 0.617. The van der Waals surface area contributed by atoms with E-state index in [9.17, 15) is 4.79 Å². The fraction of sp³-hybridized carbons (Fsp3) is 0.625. The molecule has 34 heavy (non-hydrogen) atoms. The molecule has 1 aromatic rings. The molecule has 0 heterocycles. The Bertz CT molecular complexity index is 784. The van der Waals surface area contributed by atoms with Gasteiger partial charge in [0.1, 0.15) is 21.2 Å². The highest BCUT2D eigenvalue weighted by molar-refractivity contribution is 6.71. The maximum absolute atomic E-state index is 12.8. The number of para-hydroxylation sites is 1. The molecule has 0 spiro atoms. The number of esters is 1. The predicted octanol–water partition coefficient (Wildman–Crippen LogP) is 5.34. The summed E-state index contributed by atoms with van der Waals surface area (Å²) in [4.78, 5) is 12.8. The first-order valence-electron chi connectivity index (χ1n) is 11.5. The summed E-state index contributed by atoms with van der Waals surface area (Å²) in [5.74, 6) is 0.503. The van der Waals surface area contributed by atoms with Gasteiger partial charge < -0.3 is 27.8 Å². The van der Waals surface area contributed by atoms with Crippen LogP contribution in [0.5, 0.6) is 5.75 Å². The van der Waals surface area contributed by atoms with E-state index in [1.807, 2.05) is 12.1 Å². The van der Waals surface area contributed by atoms with Crippen molar-refractivity contribution in [2.75, 3.05) is 27.9 Å². The second kappa shape index (κ2) is 14.1. The maximum atomic E-state index is 12.8. The van der Waals surface area contributed by atoms with Crippen LogP contribution in [0.25, 0.3) is 5.76 Å². The smallest absolute Gasteiger partial charge is 0.377 e. The zero-order valence-electron chi connectivity index (χ0n) is 22.4. The predicted molar refractivity (Wildman–Crippen MR) is 142 cm³/mol. The number of carbonyl (C=O) groups is 1.